The van der Waals surface area contributed by atoms with Crippen molar-refractivity contribution >= 4 is 23.2 Å². The number of ether oxygens (including phenoxy) is 1. The number of benzene rings is 1. The Morgan fingerprint density at radius 1 is 1.47 bits per heavy atom. The van der Waals surface area contributed by atoms with Crippen LogP contribution in [0.4, 0.5) is 18.9 Å². The van der Waals surface area contributed by atoms with Crippen LogP contribution in [0.3, 0.4) is 0 Å². The van der Waals surface area contributed by atoms with Gasteiger partial charge in [-0.15, -0.1) is 24.8 Å². The van der Waals surface area contributed by atoms with E-state index in [4.69, 9.17) is 11.6 Å². The van der Waals surface area contributed by atoms with Gasteiger partial charge in [0, 0.05) is 11.8 Å². The lowest BCUT2D eigenvalue weighted by atomic mass is 10.3. The van der Waals surface area contributed by atoms with E-state index < -0.39 is 23.4 Å². The third-order valence-electron chi connectivity index (χ3n) is 1.70. The topological polar surface area (TPSA) is 38.3 Å². The highest BCUT2D eigenvalue weighted by molar-refractivity contribution is 6.32. The van der Waals surface area contributed by atoms with Gasteiger partial charge in [0.05, 0.1) is 0 Å². The summed E-state index contributed by atoms with van der Waals surface area (Å²) in [5, 5.41) is 1.57. The minimum Gasteiger partial charge on any atom is -0.406 e. The zero-order chi connectivity index (χ0) is 13.1. The van der Waals surface area contributed by atoms with Crippen LogP contribution in [0.5, 0.6) is 5.75 Å². The largest absolute Gasteiger partial charge is 0.573 e. The zero-order valence-corrected chi connectivity index (χ0v) is 9.47. The Morgan fingerprint density at radius 3 is 2.65 bits per heavy atom. The van der Waals surface area contributed by atoms with Crippen molar-refractivity contribution in [3.05, 3.63) is 24.3 Å². The van der Waals surface area contributed by atoms with Crippen LogP contribution in [0.2, 0.25) is 0 Å². The number of hydrogen-bond donors (Lipinski definition) is 1. The SMILES string of the molecule is CC(Cl)C(=O)Nc1cccc(OC(F)(F)F)c1. The molecule has 1 atom stereocenters. The quantitative estimate of drug-likeness (QED) is 0.855. The first-order chi connectivity index (χ1) is 7.78. The first kappa shape index (κ1) is 13.6. The molecule has 0 spiro atoms. The van der Waals surface area contributed by atoms with Crippen LogP contribution in [0.25, 0.3) is 0 Å². The average molecular weight is 268 g/mol. The number of rotatable bonds is 3. The van der Waals surface area contributed by atoms with E-state index in [0.29, 0.717) is 0 Å². The Hall–Kier alpha value is -1.43. The number of hydrogen-bond acceptors (Lipinski definition) is 2. The highest BCUT2D eigenvalue weighted by atomic mass is 35.5. The summed E-state index contributed by atoms with van der Waals surface area (Å²) in [6, 6.07) is 4.95. The fourth-order valence-electron chi connectivity index (χ4n) is 1.01. The monoisotopic (exact) mass is 267 g/mol. The average Bonchev–Trinajstić information content (AvgIpc) is 2.15. The zero-order valence-electron chi connectivity index (χ0n) is 8.72. The summed E-state index contributed by atoms with van der Waals surface area (Å²) >= 11 is 5.50. The van der Waals surface area contributed by atoms with Gasteiger partial charge in [-0.2, -0.15) is 0 Å². The maximum Gasteiger partial charge on any atom is 0.573 e. The van der Waals surface area contributed by atoms with Crippen LogP contribution in [0.15, 0.2) is 24.3 Å². The first-order valence-electron chi connectivity index (χ1n) is 4.58. The molecule has 94 valence electrons. The minimum absolute atomic E-state index is 0.184. The van der Waals surface area contributed by atoms with Crippen molar-refractivity contribution in [2.45, 2.75) is 18.7 Å². The van der Waals surface area contributed by atoms with E-state index in [1.165, 1.54) is 19.1 Å². The van der Waals surface area contributed by atoms with E-state index in [9.17, 15) is 18.0 Å². The Balaban J connectivity index is 2.76. The number of alkyl halides is 4. The predicted molar refractivity (Wildman–Crippen MR) is 57.1 cm³/mol. The van der Waals surface area contributed by atoms with Gasteiger partial charge in [-0.25, -0.2) is 0 Å². The molecule has 0 fully saturated rings. The van der Waals surface area contributed by atoms with Crippen LogP contribution in [0, 0.1) is 0 Å². The Labute approximate surface area is 101 Å². The van der Waals surface area contributed by atoms with Gasteiger partial charge in [0.2, 0.25) is 5.91 Å². The maximum absolute atomic E-state index is 11.9. The summed E-state index contributed by atoms with van der Waals surface area (Å²) in [5.41, 5.74) is 0.184. The van der Waals surface area contributed by atoms with Gasteiger partial charge < -0.3 is 10.1 Å². The van der Waals surface area contributed by atoms with Gasteiger partial charge in [-0.05, 0) is 19.1 Å². The summed E-state index contributed by atoms with van der Waals surface area (Å²) in [6.45, 7) is 1.45. The van der Waals surface area contributed by atoms with Crippen molar-refractivity contribution in [3.8, 4) is 5.75 Å². The molecule has 0 bridgehead atoms. The van der Waals surface area contributed by atoms with E-state index in [-0.39, 0.29) is 5.69 Å². The van der Waals surface area contributed by atoms with Crippen molar-refractivity contribution in [1.82, 2.24) is 0 Å². The first-order valence-corrected chi connectivity index (χ1v) is 5.02. The molecule has 1 N–H and O–H groups in total. The molecule has 3 nitrogen and oxygen atoms in total. The van der Waals surface area contributed by atoms with E-state index in [0.717, 1.165) is 12.1 Å². The van der Waals surface area contributed by atoms with E-state index >= 15 is 0 Å². The lowest BCUT2D eigenvalue weighted by molar-refractivity contribution is -0.274. The lowest BCUT2D eigenvalue weighted by Gasteiger charge is -2.11. The molecule has 0 aliphatic heterocycles. The molecule has 1 amide bonds. The van der Waals surface area contributed by atoms with Crippen LogP contribution >= 0.6 is 11.6 Å². The molecule has 1 unspecified atom stereocenters. The van der Waals surface area contributed by atoms with Gasteiger partial charge in [-0.1, -0.05) is 6.07 Å². The summed E-state index contributed by atoms with van der Waals surface area (Å²) in [4.78, 5) is 11.2. The second kappa shape index (κ2) is 5.27. The Morgan fingerprint density at radius 2 is 2.12 bits per heavy atom. The molecule has 0 heterocycles. The number of amides is 1. The second-order valence-corrected chi connectivity index (χ2v) is 3.84. The molecular formula is C10H9ClF3NO2. The van der Waals surface area contributed by atoms with Crippen LogP contribution < -0.4 is 10.1 Å². The van der Waals surface area contributed by atoms with Gasteiger partial charge in [0.15, 0.2) is 0 Å². The molecule has 1 rings (SSSR count). The van der Waals surface area contributed by atoms with E-state index in [2.05, 4.69) is 10.1 Å². The Bertz CT molecular complexity index is 407. The molecule has 0 aliphatic rings. The number of carbonyl (C=O) groups is 1. The molecule has 0 aliphatic carbocycles. The summed E-state index contributed by atoms with van der Waals surface area (Å²) in [5.74, 6) is -0.909. The Kier molecular flexibility index (Phi) is 4.22. The third kappa shape index (κ3) is 4.95. The van der Waals surface area contributed by atoms with Crippen LogP contribution in [0.1, 0.15) is 6.92 Å². The summed E-state index contributed by atoms with van der Waals surface area (Å²) in [6.07, 6.45) is -4.76. The third-order valence-corrected chi connectivity index (χ3v) is 1.89. The smallest absolute Gasteiger partial charge is 0.406 e. The van der Waals surface area contributed by atoms with Crippen molar-refractivity contribution < 1.29 is 22.7 Å². The molecule has 0 saturated carbocycles. The van der Waals surface area contributed by atoms with Crippen molar-refractivity contribution in [2.75, 3.05) is 5.32 Å². The molecule has 1 aromatic rings. The maximum atomic E-state index is 11.9. The minimum atomic E-state index is -4.76. The van der Waals surface area contributed by atoms with Crippen LogP contribution in [-0.2, 0) is 4.79 Å². The molecule has 17 heavy (non-hydrogen) atoms. The number of halogens is 4. The number of carbonyl (C=O) groups excluding carboxylic acids is 1. The van der Waals surface area contributed by atoms with Crippen molar-refractivity contribution in [2.24, 2.45) is 0 Å². The second-order valence-electron chi connectivity index (χ2n) is 3.18. The molecule has 7 heteroatoms. The fourth-order valence-corrected chi connectivity index (χ4v) is 1.07. The fraction of sp³-hybridized carbons (Fsp3) is 0.300. The summed E-state index contributed by atoms with van der Waals surface area (Å²) in [7, 11) is 0. The van der Waals surface area contributed by atoms with Crippen molar-refractivity contribution in [1.29, 1.82) is 0 Å². The highest BCUT2D eigenvalue weighted by Gasteiger charge is 2.31. The molecule has 0 saturated heterocycles. The molecule has 0 radical (unpaired) electrons. The van der Waals surface area contributed by atoms with Crippen molar-refractivity contribution in [3.63, 3.8) is 0 Å². The van der Waals surface area contributed by atoms with E-state index in [1.54, 1.807) is 0 Å². The molecular weight excluding hydrogens is 259 g/mol. The van der Waals surface area contributed by atoms with Gasteiger partial charge in [0.1, 0.15) is 11.1 Å². The van der Waals surface area contributed by atoms with Crippen LogP contribution in [-0.4, -0.2) is 17.6 Å². The molecule has 0 aromatic heterocycles. The number of nitrogens with one attached hydrogen (secondary N) is 1. The lowest BCUT2D eigenvalue weighted by Crippen LogP contribution is -2.20. The van der Waals surface area contributed by atoms with Gasteiger partial charge in [-0.3, -0.25) is 4.79 Å². The summed E-state index contributed by atoms with van der Waals surface area (Å²) < 4.78 is 39.5. The number of anilines is 1. The molecule has 1 aromatic carbocycles. The van der Waals surface area contributed by atoms with Gasteiger partial charge >= 0.3 is 6.36 Å². The van der Waals surface area contributed by atoms with E-state index in [1.807, 2.05) is 0 Å². The normalized spacial score (nSPS) is 13.0. The van der Waals surface area contributed by atoms with Gasteiger partial charge in [0.25, 0.3) is 0 Å². The standard InChI is InChI=1S/C10H9ClF3NO2/c1-6(11)9(16)15-7-3-2-4-8(5-7)17-10(12,13)14/h2-6H,1H3,(H,15,16). The highest BCUT2D eigenvalue weighted by Crippen LogP contribution is 2.25. The predicted octanol–water partition coefficient (Wildman–Crippen LogP) is 3.15.